The maximum Gasteiger partial charge on any atom is 0.0748 e. The van der Waals surface area contributed by atoms with Crippen LogP contribution in [0.4, 0.5) is 0 Å². The van der Waals surface area contributed by atoms with Crippen LogP contribution >= 0.6 is 0 Å². The Hall–Kier alpha value is -0.200. The van der Waals surface area contributed by atoms with Crippen LogP contribution in [0.3, 0.4) is 0 Å². The highest BCUT2D eigenvalue weighted by Gasteiger charge is 2.67. The molecule has 0 heterocycles. The Morgan fingerprint density at radius 1 is 0.933 bits per heavy atom. The van der Waals surface area contributed by atoms with E-state index in [0.29, 0.717) is 29.2 Å². The van der Waals surface area contributed by atoms with E-state index < -0.39 is 5.60 Å². The summed E-state index contributed by atoms with van der Waals surface area (Å²) in [5, 5.41) is 24.6. The molecule has 4 rings (SSSR count). The van der Waals surface area contributed by atoms with E-state index >= 15 is 0 Å². The van der Waals surface area contributed by atoms with Gasteiger partial charge in [-0.25, -0.2) is 0 Å². The van der Waals surface area contributed by atoms with Crippen LogP contribution in [0.15, 0.2) is 0 Å². The second-order valence-corrected chi connectivity index (χ2v) is 11.9. The van der Waals surface area contributed by atoms with Crippen molar-refractivity contribution in [3.8, 4) is 0 Å². The Labute approximate surface area is 184 Å². The van der Waals surface area contributed by atoms with Crippen LogP contribution in [0.5, 0.6) is 0 Å². The molecule has 0 radical (unpaired) electrons. The first-order valence-electron chi connectivity index (χ1n) is 12.5. The third-order valence-corrected chi connectivity index (χ3v) is 10.3. The summed E-state index contributed by atoms with van der Waals surface area (Å²) in [5.41, 5.74) is -0.375. The molecule has 5 heteroatoms. The van der Waals surface area contributed by atoms with Gasteiger partial charge < -0.3 is 15.1 Å². The van der Waals surface area contributed by atoms with Crippen molar-refractivity contribution in [1.29, 1.82) is 0 Å². The Morgan fingerprint density at radius 2 is 1.70 bits per heavy atom. The molecule has 30 heavy (non-hydrogen) atoms. The maximum absolute atomic E-state index is 12.2. The zero-order valence-electron chi connectivity index (χ0n) is 20.1. The molecule has 0 aromatic carbocycles. The summed E-state index contributed by atoms with van der Waals surface area (Å²) in [6.45, 7) is 6.62. The molecule has 2 N–H and O–H groups in total. The fraction of sp³-hybridized carbons (Fsp3) is 1.00. The minimum atomic E-state index is -0.577. The Morgan fingerprint density at radius 3 is 2.43 bits per heavy atom. The van der Waals surface area contributed by atoms with Crippen molar-refractivity contribution in [3.05, 3.63) is 0 Å². The van der Waals surface area contributed by atoms with Gasteiger partial charge in [-0.15, -0.1) is 0 Å². The van der Waals surface area contributed by atoms with Gasteiger partial charge in [0.15, 0.2) is 0 Å². The molecule has 4 aliphatic rings. The predicted molar refractivity (Wildman–Crippen MR) is 120 cm³/mol. The minimum absolute atomic E-state index is 0.0954. The summed E-state index contributed by atoms with van der Waals surface area (Å²) in [5.74, 6) is 1.64. The number of hydrogen-bond donors (Lipinski definition) is 2. The Kier molecular flexibility index (Phi) is 6.35. The van der Waals surface area contributed by atoms with Crippen molar-refractivity contribution in [2.24, 2.45) is 28.6 Å². The molecule has 0 spiro atoms. The molecule has 4 aliphatic carbocycles. The van der Waals surface area contributed by atoms with Gasteiger partial charge in [-0.3, -0.25) is 4.84 Å². The van der Waals surface area contributed by atoms with Crippen LogP contribution in [0.1, 0.15) is 78.1 Å². The lowest BCUT2D eigenvalue weighted by Crippen LogP contribution is -2.64. The van der Waals surface area contributed by atoms with Crippen LogP contribution < -0.4 is 0 Å². The molecule has 0 bridgehead atoms. The van der Waals surface area contributed by atoms with Crippen molar-refractivity contribution in [3.63, 3.8) is 0 Å². The van der Waals surface area contributed by atoms with E-state index in [2.05, 4.69) is 45.0 Å². The van der Waals surface area contributed by atoms with Gasteiger partial charge in [0.2, 0.25) is 0 Å². The van der Waals surface area contributed by atoms with Gasteiger partial charge in [-0.1, -0.05) is 13.8 Å². The second-order valence-electron chi connectivity index (χ2n) is 11.9. The highest BCUT2D eigenvalue weighted by Crippen LogP contribution is 2.68. The number of nitrogens with zero attached hydrogens (tertiary/aromatic N) is 2. The number of aliphatic hydroxyl groups excluding tert-OH is 1. The highest BCUT2D eigenvalue weighted by molar-refractivity contribution is 5.18. The topological polar surface area (TPSA) is 56.2 Å². The molecule has 174 valence electrons. The van der Waals surface area contributed by atoms with Gasteiger partial charge in [-0.05, 0) is 108 Å². The zero-order valence-corrected chi connectivity index (χ0v) is 20.1. The quantitative estimate of drug-likeness (QED) is 0.505. The number of fused-ring (bicyclic) bond motifs is 5. The molecule has 8 atom stereocenters. The molecular formula is C25H46N2O3. The first-order valence-corrected chi connectivity index (χ1v) is 12.5. The molecular weight excluding hydrogens is 376 g/mol. The van der Waals surface area contributed by atoms with Crippen LogP contribution in [0.25, 0.3) is 0 Å². The zero-order chi connectivity index (χ0) is 21.7. The van der Waals surface area contributed by atoms with Crippen molar-refractivity contribution < 1.29 is 15.1 Å². The number of rotatable bonds is 6. The third kappa shape index (κ3) is 3.57. The third-order valence-electron chi connectivity index (χ3n) is 10.3. The van der Waals surface area contributed by atoms with Crippen molar-refractivity contribution in [2.45, 2.75) is 95.8 Å². The molecule has 0 amide bonds. The first kappa shape index (κ1) is 23.0. The average molecular weight is 423 g/mol. The van der Waals surface area contributed by atoms with Crippen molar-refractivity contribution >= 4 is 0 Å². The minimum Gasteiger partial charge on any atom is -0.393 e. The van der Waals surface area contributed by atoms with Crippen LogP contribution in [-0.4, -0.2) is 72.2 Å². The van der Waals surface area contributed by atoms with Gasteiger partial charge in [0.1, 0.15) is 0 Å². The molecule has 5 nitrogen and oxygen atoms in total. The van der Waals surface area contributed by atoms with E-state index in [1.807, 2.05) is 0 Å². The average Bonchev–Trinajstić information content (AvgIpc) is 2.97. The highest BCUT2D eigenvalue weighted by atomic mass is 16.7. The van der Waals surface area contributed by atoms with E-state index in [4.69, 9.17) is 4.84 Å². The Bertz CT molecular complexity index is 615. The van der Waals surface area contributed by atoms with Crippen LogP contribution in [-0.2, 0) is 4.84 Å². The largest absolute Gasteiger partial charge is 0.393 e. The van der Waals surface area contributed by atoms with E-state index in [9.17, 15) is 10.2 Å². The van der Waals surface area contributed by atoms with E-state index in [1.54, 1.807) is 0 Å². The fourth-order valence-electron chi connectivity index (χ4n) is 8.44. The second kappa shape index (κ2) is 8.30. The van der Waals surface area contributed by atoms with Gasteiger partial charge in [0.25, 0.3) is 0 Å². The summed E-state index contributed by atoms with van der Waals surface area (Å²) in [6.07, 6.45) is 10.5. The van der Waals surface area contributed by atoms with Crippen molar-refractivity contribution in [1.82, 2.24) is 9.96 Å². The lowest BCUT2D eigenvalue weighted by molar-refractivity contribution is -0.244. The number of aliphatic hydroxyl groups is 2. The summed E-state index contributed by atoms with van der Waals surface area (Å²) >= 11 is 0. The van der Waals surface area contributed by atoms with E-state index in [-0.39, 0.29) is 11.5 Å². The van der Waals surface area contributed by atoms with E-state index in [1.165, 1.54) is 12.8 Å². The van der Waals surface area contributed by atoms with Gasteiger partial charge in [-0.2, -0.15) is 5.06 Å². The first-order chi connectivity index (χ1) is 14.1. The number of hydrogen-bond acceptors (Lipinski definition) is 5. The molecule has 4 fully saturated rings. The van der Waals surface area contributed by atoms with Crippen LogP contribution in [0.2, 0.25) is 0 Å². The van der Waals surface area contributed by atoms with Gasteiger partial charge in [0, 0.05) is 18.5 Å². The molecule has 4 saturated carbocycles. The van der Waals surface area contributed by atoms with Gasteiger partial charge >= 0.3 is 0 Å². The SMILES string of the molecule is CN(C)CCCON(C)C1CC[C@@]2(O)[C@@H]3CCC4CC(O)CC[C@]4(C)[C@@H]3CC[C@]12C. The molecule has 0 aromatic heterocycles. The maximum atomic E-state index is 12.2. The number of hydroxylamine groups is 2. The fourth-order valence-corrected chi connectivity index (χ4v) is 8.44. The summed E-state index contributed by atoms with van der Waals surface area (Å²) < 4.78 is 0. The molecule has 3 unspecified atom stereocenters. The predicted octanol–water partition coefficient (Wildman–Crippen LogP) is 3.69. The standard InChI is InChI=1S/C25H46N2O3/c1-23-12-9-19(28)17-18(23)7-8-21-20(23)10-13-24(2)22(11-14-25(21,24)29)27(5)30-16-6-15-26(3)4/h18-22,28-29H,6-17H2,1-5H3/t18?,19?,20-,21-,22?,23+,24-,25-/m1/s1. The normalized spacial score (nSPS) is 48.5. The summed E-state index contributed by atoms with van der Waals surface area (Å²) in [7, 11) is 6.29. The van der Waals surface area contributed by atoms with Crippen LogP contribution in [0, 0.1) is 28.6 Å². The molecule has 0 aromatic rings. The van der Waals surface area contributed by atoms with Gasteiger partial charge in [0.05, 0.1) is 18.3 Å². The molecule has 0 saturated heterocycles. The Balaban J connectivity index is 1.48. The monoisotopic (exact) mass is 422 g/mol. The van der Waals surface area contributed by atoms with E-state index in [0.717, 1.165) is 64.5 Å². The molecule has 0 aliphatic heterocycles. The smallest absolute Gasteiger partial charge is 0.0748 e. The van der Waals surface area contributed by atoms with Crippen molar-refractivity contribution in [2.75, 3.05) is 34.3 Å². The lowest BCUT2D eigenvalue weighted by atomic mass is 9.43. The summed E-state index contributed by atoms with van der Waals surface area (Å²) in [6, 6.07) is 0.293. The summed E-state index contributed by atoms with van der Waals surface area (Å²) in [4.78, 5) is 8.35. The lowest BCUT2D eigenvalue weighted by Gasteiger charge is -2.63.